The molecular formula is C19H19N3O3S. The highest BCUT2D eigenvalue weighted by Crippen LogP contribution is 2.42. The van der Waals surface area contributed by atoms with E-state index in [1.165, 1.54) is 11.9 Å². The predicted molar refractivity (Wildman–Crippen MR) is 100 cm³/mol. The fourth-order valence-electron chi connectivity index (χ4n) is 3.25. The second-order valence-corrected chi connectivity index (χ2v) is 7.42. The average Bonchev–Trinajstić information content (AvgIpc) is 3.23. The molecule has 26 heavy (non-hydrogen) atoms. The Morgan fingerprint density at radius 2 is 1.96 bits per heavy atom. The van der Waals surface area contributed by atoms with E-state index in [0.717, 1.165) is 42.7 Å². The van der Waals surface area contributed by atoms with Gasteiger partial charge in [0.2, 0.25) is 5.91 Å². The Morgan fingerprint density at radius 1 is 1.15 bits per heavy atom. The van der Waals surface area contributed by atoms with Crippen molar-refractivity contribution in [3.05, 3.63) is 54.2 Å². The fraction of sp³-hybridized carbons (Fsp3) is 0.316. The number of aromatic nitrogens is 1. The molecule has 0 spiro atoms. The van der Waals surface area contributed by atoms with Gasteiger partial charge in [0.15, 0.2) is 0 Å². The van der Waals surface area contributed by atoms with E-state index < -0.39 is 5.25 Å². The standard InChI is InChI=1S/C19H19N3O3S/c1-21-18(23)17(26-19(21)24)14-6-2-3-7-15(14)25-13-9-11-22(12-13)16-8-4-5-10-20-16/h2-8,10,13,17H,9,11-12H2,1H3. The van der Waals surface area contributed by atoms with Crippen molar-refractivity contribution in [3.63, 3.8) is 0 Å². The van der Waals surface area contributed by atoms with Crippen molar-refractivity contribution < 1.29 is 14.3 Å². The minimum atomic E-state index is -0.531. The number of nitrogens with zero attached hydrogens (tertiary/aromatic N) is 3. The van der Waals surface area contributed by atoms with Crippen molar-refractivity contribution >= 4 is 28.7 Å². The Bertz CT molecular complexity index is 830. The van der Waals surface area contributed by atoms with Gasteiger partial charge >= 0.3 is 0 Å². The molecule has 134 valence electrons. The molecule has 6 nitrogen and oxygen atoms in total. The van der Waals surface area contributed by atoms with Crippen LogP contribution in [0.1, 0.15) is 17.2 Å². The van der Waals surface area contributed by atoms with E-state index in [1.54, 1.807) is 6.20 Å². The second-order valence-electron chi connectivity index (χ2n) is 6.36. The Balaban J connectivity index is 1.50. The quantitative estimate of drug-likeness (QED) is 0.825. The molecule has 1 aromatic carbocycles. The summed E-state index contributed by atoms with van der Waals surface area (Å²) in [5.74, 6) is 1.42. The van der Waals surface area contributed by atoms with E-state index in [-0.39, 0.29) is 17.3 Å². The van der Waals surface area contributed by atoms with Crippen LogP contribution in [-0.4, -0.2) is 47.3 Å². The van der Waals surface area contributed by atoms with Crippen LogP contribution < -0.4 is 9.64 Å². The third kappa shape index (κ3) is 3.14. The van der Waals surface area contributed by atoms with Gasteiger partial charge in [0.25, 0.3) is 5.24 Å². The van der Waals surface area contributed by atoms with Crippen molar-refractivity contribution in [2.45, 2.75) is 17.8 Å². The normalized spacial score (nSPS) is 23.0. The molecule has 1 aromatic heterocycles. The first-order chi connectivity index (χ1) is 12.6. The van der Waals surface area contributed by atoms with Crippen LogP contribution in [0, 0.1) is 0 Å². The topological polar surface area (TPSA) is 62.7 Å². The van der Waals surface area contributed by atoms with E-state index in [1.807, 2.05) is 42.5 Å². The first kappa shape index (κ1) is 16.9. The number of likely N-dealkylation sites (N-methyl/N-ethyl adjacent to an activating group) is 1. The maximum absolute atomic E-state index is 12.4. The molecule has 0 N–H and O–H groups in total. The first-order valence-electron chi connectivity index (χ1n) is 8.53. The van der Waals surface area contributed by atoms with Crippen LogP contribution in [0.2, 0.25) is 0 Å². The number of thioether (sulfide) groups is 1. The molecule has 0 saturated carbocycles. The summed E-state index contributed by atoms with van der Waals surface area (Å²) in [6.07, 6.45) is 2.69. The van der Waals surface area contributed by atoms with Crippen molar-refractivity contribution in [2.75, 3.05) is 25.0 Å². The number of carbonyl (C=O) groups excluding carboxylic acids is 2. The maximum atomic E-state index is 12.4. The molecule has 2 saturated heterocycles. The van der Waals surface area contributed by atoms with Gasteiger partial charge in [-0.05, 0) is 30.0 Å². The number of rotatable bonds is 4. The number of hydrogen-bond donors (Lipinski definition) is 0. The Kier molecular flexibility index (Phi) is 4.55. The molecule has 2 aromatic rings. The maximum Gasteiger partial charge on any atom is 0.289 e. The number of imide groups is 1. The highest BCUT2D eigenvalue weighted by Gasteiger charge is 2.40. The lowest BCUT2D eigenvalue weighted by molar-refractivity contribution is -0.125. The Labute approximate surface area is 156 Å². The van der Waals surface area contributed by atoms with Gasteiger partial charge in [-0.2, -0.15) is 0 Å². The molecule has 2 aliphatic rings. The number of benzene rings is 1. The van der Waals surface area contributed by atoms with Gasteiger partial charge in [0, 0.05) is 31.8 Å². The van der Waals surface area contributed by atoms with Crippen molar-refractivity contribution in [1.82, 2.24) is 9.88 Å². The van der Waals surface area contributed by atoms with Crippen LogP contribution in [0.25, 0.3) is 0 Å². The first-order valence-corrected chi connectivity index (χ1v) is 9.41. The average molecular weight is 369 g/mol. The summed E-state index contributed by atoms with van der Waals surface area (Å²) >= 11 is 1.04. The van der Waals surface area contributed by atoms with Crippen LogP contribution in [0.3, 0.4) is 0 Å². The van der Waals surface area contributed by atoms with Crippen LogP contribution >= 0.6 is 11.8 Å². The Morgan fingerprint density at radius 3 is 2.69 bits per heavy atom. The molecule has 2 atom stereocenters. The van der Waals surface area contributed by atoms with Crippen LogP contribution in [0.15, 0.2) is 48.7 Å². The monoisotopic (exact) mass is 369 g/mol. The van der Waals surface area contributed by atoms with Gasteiger partial charge in [-0.1, -0.05) is 24.3 Å². The van der Waals surface area contributed by atoms with Gasteiger partial charge in [0.05, 0.1) is 6.54 Å². The lowest BCUT2D eigenvalue weighted by atomic mass is 10.1. The highest BCUT2D eigenvalue weighted by atomic mass is 32.2. The van der Waals surface area contributed by atoms with Crippen LogP contribution in [-0.2, 0) is 4.79 Å². The molecule has 2 unspecified atom stereocenters. The predicted octanol–water partition coefficient (Wildman–Crippen LogP) is 3.11. The van der Waals surface area contributed by atoms with Gasteiger partial charge in [-0.15, -0.1) is 0 Å². The molecule has 2 aliphatic heterocycles. The number of pyridine rings is 1. The van der Waals surface area contributed by atoms with Crippen LogP contribution in [0.4, 0.5) is 10.6 Å². The number of hydrogen-bond acceptors (Lipinski definition) is 6. The Hall–Kier alpha value is -2.54. The van der Waals surface area contributed by atoms with E-state index >= 15 is 0 Å². The summed E-state index contributed by atoms with van der Waals surface area (Å²) in [4.78, 5) is 31.9. The van der Waals surface area contributed by atoms with Gasteiger partial charge < -0.3 is 9.64 Å². The van der Waals surface area contributed by atoms with E-state index in [2.05, 4.69) is 9.88 Å². The summed E-state index contributed by atoms with van der Waals surface area (Å²) in [5, 5.41) is -0.756. The fourth-order valence-corrected chi connectivity index (χ4v) is 4.28. The smallest absolute Gasteiger partial charge is 0.289 e. The minimum Gasteiger partial charge on any atom is -0.488 e. The molecule has 0 bridgehead atoms. The zero-order chi connectivity index (χ0) is 18.1. The highest BCUT2D eigenvalue weighted by molar-refractivity contribution is 8.15. The zero-order valence-corrected chi connectivity index (χ0v) is 15.2. The minimum absolute atomic E-state index is 0.0214. The van der Waals surface area contributed by atoms with Crippen molar-refractivity contribution in [1.29, 1.82) is 0 Å². The number of anilines is 1. The summed E-state index contributed by atoms with van der Waals surface area (Å²) in [6.45, 7) is 1.62. The van der Waals surface area contributed by atoms with Gasteiger partial charge in [-0.3, -0.25) is 14.5 Å². The third-order valence-electron chi connectivity index (χ3n) is 4.66. The molecule has 0 radical (unpaired) electrons. The van der Waals surface area contributed by atoms with Gasteiger partial charge in [-0.25, -0.2) is 4.98 Å². The van der Waals surface area contributed by atoms with Gasteiger partial charge in [0.1, 0.15) is 22.9 Å². The molecule has 0 aliphatic carbocycles. The van der Waals surface area contributed by atoms with Crippen LogP contribution in [0.5, 0.6) is 5.75 Å². The van der Waals surface area contributed by atoms with E-state index in [4.69, 9.17) is 4.74 Å². The number of ether oxygens (including phenoxy) is 1. The zero-order valence-electron chi connectivity index (χ0n) is 14.4. The summed E-state index contributed by atoms with van der Waals surface area (Å²) < 4.78 is 6.22. The van der Waals surface area contributed by atoms with Crippen molar-refractivity contribution in [2.24, 2.45) is 0 Å². The lowest BCUT2D eigenvalue weighted by Gasteiger charge is -2.20. The number of carbonyl (C=O) groups is 2. The molecule has 2 amide bonds. The number of para-hydroxylation sites is 1. The molecular weight excluding hydrogens is 350 g/mol. The summed E-state index contributed by atoms with van der Waals surface area (Å²) in [6, 6.07) is 13.4. The molecule has 2 fully saturated rings. The SMILES string of the molecule is CN1C(=O)SC(c2ccccc2OC2CCN(c3ccccn3)C2)C1=O. The lowest BCUT2D eigenvalue weighted by Crippen LogP contribution is -2.26. The largest absolute Gasteiger partial charge is 0.488 e. The third-order valence-corrected chi connectivity index (χ3v) is 5.83. The summed E-state index contributed by atoms with van der Waals surface area (Å²) in [7, 11) is 1.52. The molecule has 3 heterocycles. The van der Waals surface area contributed by atoms with Crippen molar-refractivity contribution in [3.8, 4) is 5.75 Å². The molecule has 7 heteroatoms. The van der Waals surface area contributed by atoms with E-state index in [9.17, 15) is 9.59 Å². The second kappa shape index (κ2) is 6.99. The number of amides is 2. The summed E-state index contributed by atoms with van der Waals surface area (Å²) in [5.41, 5.74) is 0.761. The molecule has 4 rings (SSSR count). The van der Waals surface area contributed by atoms with E-state index in [0.29, 0.717) is 5.75 Å².